The number of benzene rings is 1. The molecule has 0 unspecified atom stereocenters. The monoisotopic (exact) mass is 259 g/mol. The highest BCUT2D eigenvalue weighted by atomic mass is 35.5. The predicted octanol–water partition coefficient (Wildman–Crippen LogP) is 1.95. The van der Waals surface area contributed by atoms with Crippen LogP contribution in [0.2, 0.25) is 5.02 Å². The van der Waals surface area contributed by atoms with Crippen LogP contribution in [0.5, 0.6) is 0 Å². The molecule has 0 heterocycles. The minimum Gasteiger partial charge on any atom is -0.397 e. The maximum atomic E-state index is 13.2. The molecule has 0 aliphatic heterocycles. The lowest BCUT2D eigenvalue weighted by Gasteiger charge is -2.16. The van der Waals surface area contributed by atoms with Crippen molar-refractivity contribution < 1.29 is 9.18 Å². The Hall–Kier alpha value is -1.49. The number of rotatable bonds is 4. The molecule has 0 bridgehead atoms. The van der Waals surface area contributed by atoms with Crippen molar-refractivity contribution in [2.75, 3.05) is 31.2 Å². The number of likely N-dealkylation sites (N-methyl/N-ethyl adjacent to an activating group) is 1. The number of halogens is 2. The lowest BCUT2D eigenvalue weighted by atomic mass is 10.2. The Morgan fingerprint density at radius 1 is 1.59 bits per heavy atom. The van der Waals surface area contributed by atoms with Crippen molar-refractivity contribution in [2.45, 2.75) is 6.92 Å². The Morgan fingerprint density at radius 3 is 2.82 bits per heavy atom. The minimum atomic E-state index is -0.570. The highest BCUT2D eigenvalue weighted by Gasteiger charge is 2.09. The Bertz CT molecular complexity index is 425. The summed E-state index contributed by atoms with van der Waals surface area (Å²) >= 11 is 5.56. The lowest BCUT2D eigenvalue weighted by molar-refractivity contribution is -0.127. The maximum Gasteiger partial charge on any atom is 0.241 e. The molecule has 0 radical (unpaired) electrons. The zero-order valence-corrected chi connectivity index (χ0v) is 10.5. The van der Waals surface area contributed by atoms with E-state index in [0.29, 0.717) is 17.9 Å². The molecule has 0 atom stereocenters. The zero-order valence-electron chi connectivity index (χ0n) is 9.76. The van der Waals surface area contributed by atoms with E-state index in [1.807, 2.05) is 6.92 Å². The van der Waals surface area contributed by atoms with Crippen LogP contribution in [0.1, 0.15) is 6.92 Å². The Labute approximate surface area is 105 Å². The molecule has 1 aromatic rings. The third kappa shape index (κ3) is 3.49. The molecule has 1 amide bonds. The van der Waals surface area contributed by atoms with Gasteiger partial charge in [-0.25, -0.2) is 4.39 Å². The SMILES string of the molecule is CCN(C)C(=O)CNc1cc(F)c(Cl)cc1N. The summed E-state index contributed by atoms with van der Waals surface area (Å²) in [6.45, 7) is 2.55. The zero-order chi connectivity index (χ0) is 13.0. The number of carbonyl (C=O) groups is 1. The third-order valence-electron chi connectivity index (χ3n) is 2.42. The summed E-state index contributed by atoms with van der Waals surface area (Å²) in [4.78, 5) is 13.1. The van der Waals surface area contributed by atoms with E-state index in [2.05, 4.69) is 5.32 Å². The van der Waals surface area contributed by atoms with Gasteiger partial charge in [-0.3, -0.25) is 4.79 Å². The number of hydrogen-bond acceptors (Lipinski definition) is 3. The number of nitrogens with two attached hydrogens (primary N) is 1. The van der Waals surface area contributed by atoms with E-state index in [9.17, 15) is 9.18 Å². The van der Waals surface area contributed by atoms with E-state index in [1.54, 1.807) is 11.9 Å². The molecule has 0 saturated heterocycles. The summed E-state index contributed by atoms with van der Waals surface area (Å²) in [5, 5.41) is 2.74. The molecular weight excluding hydrogens is 245 g/mol. The molecule has 17 heavy (non-hydrogen) atoms. The van der Waals surface area contributed by atoms with Crippen LogP contribution in [0.15, 0.2) is 12.1 Å². The second-order valence-electron chi connectivity index (χ2n) is 3.62. The fourth-order valence-electron chi connectivity index (χ4n) is 1.20. The standard InChI is InChI=1S/C11H15ClFN3O/c1-3-16(2)11(17)6-15-10-5-8(13)7(12)4-9(10)14/h4-5,15H,3,6,14H2,1-2H3. The number of nitrogens with zero attached hydrogens (tertiary/aromatic N) is 1. The van der Waals surface area contributed by atoms with Gasteiger partial charge in [0.05, 0.1) is 22.9 Å². The van der Waals surface area contributed by atoms with Crippen molar-refractivity contribution in [3.8, 4) is 0 Å². The predicted molar refractivity (Wildman–Crippen MR) is 67.6 cm³/mol. The van der Waals surface area contributed by atoms with Crippen LogP contribution in [0.4, 0.5) is 15.8 Å². The molecule has 6 heteroatoms. The van der Waals surface area contributed by atoms with E-state index in [0.717, 1.165) is 0 Å². The van der Waals surface area contributed by atoms with Crippen LogP contribution in [0.3, 0.4) is 0 Å². The van der Waals surface area contributed by atoms with Crippen molar-refractivity contribution >= 4 is 28.9 Å². The Balaban J connectivity index is 2.70. The summed E-state index contributed by atoms with van der Waals surface area (Å²) in [5.74, 6) is -0.665. The van der Waals surface area contributed by atoms with Gasteiger partial charge in [-0.15, -0.1) is 0 Å². The fraction of sp³-hybridized carbons (Fsp3) is 0.364. The van der Waals surface area contributed by atoms with E-state index in [4.69, 9.17) is 17.3 Å². The quantitative estimate of drug-likeness (QED) is 0.813. The van der Waals surface area contributed by atoms with Crippen molar-refractivity contribution in [3.05, 3.63) is 23.0 Å². The molecule has 1 rings (SSSR count). The Kier molecular flexibility index (Phi) is 4.57. The number of amides is 1. The first-order valence-electron chi connectivity index (χ1n) is 5.18. The summed E-state index contributed by atoms with van der Waals surface area (Å²) in [5.41, 5.74) is 6.32. The summed E-state index contributed by atoms with van der Waals surface area (Å²) in [6.07, 6.45) is 0. The van der Waals surface area contributed by atoms with Gasteiger partial charge in [0, 0.05) is 19.7 Å². The largest absolute Gasteiger partial charge is 0.397 e. The molecule has 94 valence electrons. The summed E-state index contributed by atoms with van der Waals surface area (Å²) in [7, 11) is 1.69. The molecule has 0 aliphatic rings. The topological polar surface area (TPSA) is 58.4 Å². The minimum absolute atomic E-state index is 0.0370. The van der Waals surface area contributed by atoms with Crippen molar-refractivity contribution in [1.29, 1.82) is 0 Å². The van der Waals surface area contributed by atoms with E-state index in [-0.39, 0.29) is 17.5 Å². The lowest BCUT2D eigenvalue weighted by Crippen LogP contribution is -2.32. The van der Waals surface area contributed by atoms with Gasteiger partial charge in [0.25, 0.3) is 0 Å². The Morgan fingerprint density at radius 2 is 2.24 bits per heavy atom. The molecule has 0 spiro atoms. The fourth-order valence-corrected chi connectivity index (χ4v) is 1.37. The number of anilines is 2. The normalized spacial score (nSPS) is 10.1. The third-order valence-corrected chi connectivity index (χ3v) is 2.71. The van der Waals surface area contributed by atoms with Gasteiger partial charge in [-0.05, 0) is 13.0 Å². The molecule has 0 aliphatic carbocycles. The first-order valence-corrected chi connectivity index (χ1v) is 5.55. The first-order chi connectivity index (χ1) is 7.95. The molecular formula is C11H15ClFN3O. The molecule has 1 aromatic carbocycles. The van der Waals surface area contributed by atoms with Gasteiger partial charge in [0.15, 0.2) is 0 Å². The van der Waals surface area contributed by atoms with Crippen molar-refractivity contribution in [1.82, 2.24) is 4.90 Å². The van der Waals surface area contributed by atoms with Crippen LogP contribution in [-0.4, -0.2) is 30.9 Å². The second-order valence-corrected chi connectivity index (χ2v) is 4.02. The smallest absolute Gasteiger partial charge is 0.241 e. The van der Waals surface area contributed by atoms with Gasteiger partial charge in [-0.2, -0.15) is 0 Å². The van der Waals surface area contributed by atoms with Gasteiger partial charge < -0.3 is 16.0 Å². The maximum absolute atomic E-state index is 13.2. The number of nitrogens with one attached hydrogen (secondary N) is 1. The van der Waals surface area contributed by atoms with Crippen LogP contribution in [0, 0.1) is 5.82 Å². The van der Waals surface area contributed by atoms with Gasteiger partial charge in [0.1, 0.15) is 5.82 Å². The number of hydrogen-bond donors (Lipinski definition) is 2. The summed E-state index contributed by atoms with van der Waals surface area (Å²) < 4.78 is 13.2. The average Bonchev–Trinajstić information content (AvgIpc) is 2.30. The van der Waals surface area contributed by atoms with Crippen LogP contribution in [-0.2, 0) is 4.79 Å². The van der Waals surface area contributed by atoms with Crippen LogP contribution in [0.25, 0.3) is 0 Å². The molecule has 0 aromatic heterocycles. The van der Waals surface area contributed by atoms with Crippen LogP contribution < -0.4 is 11.1 Å². The molecule has 0 saturated carbocycles. The first kappa shape index (κ1) is 13.6. The number of carbonyl (C=O) groups excluding carboxylic acids is 1. The van der Waals surface area contributed by atoms with Gasteiger partial charge in [0.2, 0.25) is 5.91 Å². The molecule has 4 nitrogen and oxygen atoms in total. The van der Waals surface area contributed by atoms with Crippen molar-refractivity contribution in [2.24, 2.45) is 0 Å². The number of nitrogen functional groups attached to an aromatic ring is 1. The van der Waals surface area contributed by atoms with E-state index < -0.39 is 5.82 Å². The van der Waals surface area contributed by atoms with Crippen molar-refractivity contribution in [3.63, 3.8) is 0 Å². The average molecular weight is 260 g/mol. The van der Waals surface area contributed by atoms with E-state index in [1.165, 1.54) is 12.1 Å². The van der Waals surface area contributed by atoms with Gasteiger partial charge in [-0.1, -0.05) is 11.6 Å². The summed E-state index contributed by atoms with van der Waals surface area (Å²) in [6, 6.07) is 2.49. The van der Waals surface area contributed by atoms with E-state index >= 15 is 0 Å². The van der Waals surface area contributed by atoms with Gasteiger partial charge >= 0.3 is 0 Å². The highest BCUT2D eigenvalue weighted by Crippen LogP contribution is 2.25. The highest BCUT2D eigenvalue weighted by molar-refractivity contribution is 6.31. The molecule has 0 fully saturated rings. The molecule has 3 N–H and O–H groups in total. The second kappa shape index (κ2) is 5.72. The van der Waals surface area contributed by atoms with Crippen LogP contribution >= 0.6 is 11.6 Å².